The number of thiophene rings is 1. The monoisotopic (exact) mass is 431 g/mol. The highest BCUT2D eigenvalue weighted by Gasteiger charge is 2.33. The Morgan fingerprint density at radius 3 is 2.80 bits per heavy atom. The quantitative estimate of drug-likeness (QED) is 0.394. The number of aromatic nitrogens is 1. The number of nitrogens with zero attached hydrogens (tertiary/aromatic N) is 2. The first-order chi connectivity index (χ1) is 14.7. The summed E-state index contributed by atoms with van der Waals surface area (Å²) in [5, 5.41) is 9.66. The van der Waals surface area contributed by atoms with Gasteiger partial charge in [-0.3, -0.25) is 4.79 Å². The molecule has 0 bridgehead atoms. The van der Waals surface area contributed by atoms with Crippen molar-refractivity contribution in [2.24, 2.45) is 5.10 Å². The van der Waals surface area contributed by atoms with Gasteiger partial charge in [0, 0.05) is 28.4 Å². The van der Waals surface area contributed by atoms with Crippen molar-refractivity contribution in [2.75, 3.05) is 5.75 Å². The van der Waals surface area contributed by atoms with Gasteiger partial charge < -0.3 is 4.98 Å². The Morgan fingerprint density at radius 2 is 2.00 bits per heavy atom. The van der Waals surface area contributed by atoms with Crippen LogP contribution in [-0.2, 0) is 4.79 Å². The lowest BCUT2D eigenvalue weighted by atomic mass is 10.00. The molecule has 4 nitrogen and oxygen atoms in total. The predicted molar refractivity (Wildman–Crippen MR) is 125 cm³/mol. The molecule has 0 spiro atoms. The third-order valence-electron chi connectivity index (χ3n) is 5.34. The van der Waals surface area contributed by atoms with Crippen molar-refractivity contribution >= 4 is 45.6 Å². The van der Waals surface area contributed by atoms with Gasteiger partial charge in [0.15, 0.2) is 0 Å². The summed E-state index contributed by atoms with van der Waals surface area (Å²) in [6, 6.07) is 20.6. The smallest absolute Gasteiger partial charge is 0.253 e. The van der Waals surface area contributed by atoms with E-state index in [4.69, 9.17) is 5.10 Å². The summed E-state index contributed by atoms with van der Waals surface area (Å²) < 4.78 is 0. The number of rotatable bonds is 5. The zero-order valence-electron chi connectivity index (χ0n) is 16.5. The normalized spacial score (nSPS) is 16.2. The molecule has 0 radical (unpaired) electrons. The summed E-state index contributed by atoms with van der Waals surface area (Å²) in [5.74, 6) is 0.383. The lowest BCUT2D eigenvalue weighted by Gasteiger charge is -2.22. The molecule has 2 aromatic carbocycles. The molecule has 0 saturated carbocycles. The van der Waals surface area contributed by atoms with E-state index in [2.05, 4.69) is 53.7 Å². The number of carbonyl (C=O) groups is 1. The van der Waals surface area contributed by atoms with Gasteiger partial charge in [-0.2, -0.15) is 5.10 Å². The molecule has 150 valence electrons. The number of aryl methyl sites for hydroxylation is 1. The van der Waals surface area contributed by atoms with E-state index < -0.39 is 0 Å². The largest absolute Gasteiger partial charge is 0.360 e. The first-order valence-corrected chi connectivity index (χ1v) is 11.7. The minimum absolute atomic E-state index is 0.0300. The van der Waals surface area contributed by atoms with Crippen LogP contribution in [0.4, 0.5) is 0 Å². The number of hydrogen-bond acceptors (Lipinski definition) is 4. The van der Waals surface area contributed by atoms with Gasteiger partial charge in [-0.05, 0) is 30.0 Å². The molecule has 5 rings (SSSR count). The lowest BCUT2D eigenvalue weighted by Crippen LogP contribution is -2.28. The number of aromatic amines is 1. The van der Waals surface area contributed by atoms with Gasteiger partial charge in [0.25, 0.3) is 5.91 Å². The van der Waals surface area contributed by atoms with Gasteiger partial charge in [-0.25, -0.2) is 5.01 Å². The molecule has 1 aliphatic rings. The van der Waals surface area contributed by atoms with E-state index in [1.165, 1.54) is 5.56 Å². The van der Waals surface area contributed by atoms with E-state index in [9.17, 15) is 4.79 Å². The molecule has 1 aliphatic heterocycles. The highest BCUT2D eigenvalue weighted by atomic mass is 32.2. The van der Waals surface area contributed by atoms with Crippen LogP contribution < -0.4 is 0 Å². The Bertz CT molecular complexity index is 1210. The molecule has 1 atom stereocenters. The average Bonchev–Trinajstić information content (AvgIpc) is 3.51. The fourth-order valence-corrected chi connectivity index (χ4v) is 5.36. The molecule has 4 aromatic rings. The number of hydrogen-bond donors (Lipinski definition) is 1. The minimum Gasteiger partial charge on any atom is -0.360 e. The number of fused-ring (bicyclic) bond motifs is 1. The van der Waals surface area contributed by atoms with Gasteiger partial charge in [0.05, 0.1) is 22.4 Å². The van der Waals surface area contributed by atoms with Crippen LogP contribution >= 0.6 is 23.1 Å². The van der Waals surface area contributed by atoms with E-state index in [1.54, 1.807) is 28.1 Å². The molecule has 2 aromatic heterocycles. The Morgan fingerprint density at radius 1 is 1.17 bits per heavy atom. The first kappa shape index (κ1) is 19.2. The highest BCUT2D eigenvalue weighted by molar-refractivity contribution is 8.00. The Kier molecular flexibility index (Phi) is 5.19. The molecule has 0 aliphatic carbocycles. The van der Waals surface area contributed by atoms with Gasteiger partial charge in [0.2, 0.25) is 0 Å². The van der Waals surface area contributed by atoms with Crippen LogP contribution in [0.5, 0.6) is 0 Å². The average molecular weight is 432 g/mol. The fourth-order valence-electron chi connectivity index (χ4n) is 3.75. The molecule has 6 heteroatoms. The number of thioether (sulfide) groups is 1. The van der Waals surface area contributed by atoms with Crippen molar-refractivity contribution in [2.45, 2.75) is 24.3 Å². The van der Waals surface area contributed by atoms with Crippen LogP contribution in [0.3, 0.4) is 0 Å². The molecule has 0 fully saturated rings. The number of H-pyrrole nitrogens is 1. The second kappa shape index (κ2) is 8.13. The maximum Gasteiger partial charge on any atom is 0.253 e. The van der Waals surface area contributed by atoms with E-state index in [0.717, 1.165) is 38.4 Å². The zero-order chi connectivity index (χ0) is 20.5. The van der Waals surface area contributed by atoms with Gasteiger partial charge in [-0.15, -0.1) is 23.1 Å². The number of para-hydroxylation sites is 1. The Balaban J connectivity index is 1.39. The standard InChI is InChI=1S/C24H21N3OS2/c1-16-8-10-17(11-9-16)21-13-20(22-7-4-12-29-22)26-27(21)24(28)15-30-23-14-25-19-6-3-2-5-18(19)23/h2-12,14,21,25H,13,15H2,1H3/t21-/m0/s1. The van der Waals surface area contributed by atoms with Crippen LogP contribution in [-0.4, -0.2) is 27.4 Å². The molecular formula is C24H21N3OS2. The zero-order valence-corrected chi connectivity index (χ0v) is 18.2. The second-order valence-electron chi connectivity index (χ2n) is 7.38. The van der Waals surface area contributed by atoms with E-state index in [1.807, 2.05) is 30.5 Å². The molecule has 0 unspecified atom stereocenters. The molecule has 1 amide bonds. The highest BCUT2D eigenvalue weighted by Crippen LogP contribution is 2.35. The van der Waals surface area contributed by atoms with Crippen molar-refractivity contribution in [3.8, 4) is 0 Å². The van der Waals surface area contributed by atoms with Gasteiger partial charge >= 0.3 is 0 Å². The summed E-state index contributed by atoms with van der Waals surface area (Å²) in [7, 11) is 0. The van der Waals surface area contributed by atoms with Crippen molar-refractivity contribution in [1.82, 2.24) is 9.99 Å². The summed E-state index contributed by atoms with van der Waals surface area (Å²) >= 11 is 3.23. The number of carbonyl (C=O) groups excluding carboxylic acids is 1. The topological polar surface area (TPSA) is 48.5 Å². The number of benzene rings is 2. The molecule has 1 N–H and O–H groups in total. The maximum absolute atomic E-state index is 13.2. The van der Waals surface area contributed by atoms with Crippen LogP contribution in [0, 0.1) is 6.92 Å². The van der Waals surface area contributed by atoms with Crippen LogP contribution in [0.2, 0.25) is 0 Å². The van der Waals surface area contributed by atoms with E-state index >= 15 is 0 Å². The minimum atomic E-state index is -0.0567. The predicted octanol–water partition coefficient (Wildman–Crippen LogP) is 6.01. The number of amides is 1. The van der Waals surface area contributed by atoms with Crippen molar-refractivity contribution < 1.29 is 4.79 Å². The Labute approximate surface area is 183 Å². The van der Waals surface area contributed by atoms with Crippen molar-refractivity contribution in [3.05, 3.63) is 88.2 Å². The van der Waals surface area contributed by atoms with E-state index in [0.29, 0.717) is 5.75 Å². The van der Waals surface area contributed by atoms with Gasteiger partial charge in [-0.1, -0.05) is 54.1 Å². The van der Waals surface area contributed by atoms with E-state index in [-0.39, 0.29) is 11.9 Å². The summed E-state index contributed by atoms with van der Waals surface area (Å²) in [6.07, 6.45) is 2.72. The molecular weight excluding hydrogens is 410 g/mol. The van der Waals surface area contributed by atoms with Crippen LogP contribution in [0.25, 0.3) is 10.9 Å². The summed E-state index contributed by atoms with van der Waals surface area (Å²) in [6.45, 7) is 2.08. The SMILES string of the molecule is Cc1ccc([C@@H]2CC(c3cccs3)=NN2C(=O)CSc2c[nH]c3ccccc23)cc1. The fraction of sp³-hybridized carbons (Fsp3) is 0.167. The summed E-state index contributed by atoms with van der Waals surface area (Å²) in [4.78, 5) is 18.7. The molecule has 30 heavy (non-hydrogen) atoms. The maximum atomic E-state index is 13.2. The molecule has 3 heterocycles. The van der Waals surface area contributed by atoms with Crippen LogP contribution in [0.15, 0.2) is 82.2 Å². The van der Waals surface area contributed by atoms with Crippen molar-refractivity contribution in [3.63, 3.8) is 0 Å². The third-order valence-corrected chi connectivity index (χ3v) is 7.29. The lowest BCUT2D eigenvalue weighted by molar-refractivity contribution is -0.130. The first-order valence-electron chi connectivity index (χ1n) is 9.88. The van der Waals surface area contributed by atoms with Crippen LogP contribution in [0.1, 0.15) is 28.5 Å². The Hall–Kier alpha value is -2.83. The summed E-state index contributed by atoms with van der Waals surface area (Å²) in [5.41, 5.74) is 4.41. The van der Waals surface area contributed by atoms with Crippen molar-refractivity contribution in [1.29, 1.82) is 0 Å². The number of nitrogens with one attached hydrogen (secondary N) is 1. The second-order valence-corrected chi connectivity index (χ2v) is 9.34. The third kappa shape index (κ3) is 3.68. The molecule has 0 saturated heterocycles. The number of hydrazone groups is 1. The van der Waals surface area contributed by atoms with Gasteiger partial charge in [0.1, 0.15) is 0 Å².